The minimum absolute atomic E-state index is 0.428. The molecule has 0 aliphatic carbocycles. The zero-order chi connectivity index (χ0) is 18.3. The van der Waals surface area contributed by atoms with Crippen molar-refractivity contribution in [1.82, 2.24) is 4.98 Å². The van der Waals surface area contributed by atoms with Crippen LogP contribution >= 0.6 is 0 Å². The molecular weight excluding hydrogens is 361 g/mol. The number of non-ortho nitro benzene ring substituents is 1. The average Bonchev–Trinajstić information content (AvgIpc) is 2.44. The number of alkyl halides is 3. The number of hydrogen-bond donors (Lipinski definition) is 1. The molecule has 1 aromatic heterocycles. The first-order valence-corrected chi connectivity index (χ1v) is 7.17. The monoisotopic (exact) mass is 366 g/mol. The van der Waals surface area contributed by atoms with E-state index < -0.39 is 54.6 Å². The maximum atomic E-state index is 12.4. The molecule has 13 heteroatoms. The van der Waals surface area contributed by atoms with Crippen LogP contribution in [-0.4, -0.2) is 34.9 Å². The normalized spacial score (nSPS) is 12.1. The van der Waals surface area contributed by atoms with Gasteiger partial charge in [-0.25, -0.2) is 9.78 Å². The lowest BCUT2D eigenvalue weighted by atomic mass is 10.1. The van der Waals surface area contributed by atoms with E-state index >= 15 is 0 Å². The van der Waals surface area contributed by atoms with Crippen molar-refractivity contribution in [3.8, 4) is 5.75 Å². The van der Waals surface area contributed by atoms with E-state index in [9.17, 15) is 36.5 Å². The van der Waals surface area contributed by atoms with E-state index in [0.29, 0.717) is 6.07 Å². The van der Waals surface area contributed by atoms with Crippen LogP contribution in [0.25, 0.3) is 10.9 Å². The smallest absolute Gasteiger partial charge is 0.477 e. The van der Waals surface area contributed by atoms with Gasteiger partial charge in [0.1, 0.15) is 0 Å². The summed E-state index contributed by atoms with van der Waals surface area (Å²) in [6.07, 6.45) is 0. The van der Waals surface area contributed by atoms with Crippen molar-refractivity contribution in [1.29, 1.82) is 0 Å². The van der Waals surface area contributed by atoms with Crippen molar-refractivity contribution in [3.05, 3.63) is 40.1 Å². The molecule has 2 aromatic rings. The molecule has 0 saturated carbocycles. The molecule has 2 rings (SSSR count). The predicted octanol–water partition coefficient (Wildman–Crippen LogP) is 2.07. The number of aromatic nitrogens is 1. The Labute approximate surface area is 130 Å². The number of aromatic carboxylic acids is 1. The number of carboxylic acids is 1. The quantitative estimate of drug-likeness (QED) is 0.376. The Morgan fingerprint density at radius 1 is 1.33 bits per heavy atom. The Bertz CT molecular complexity index is 956. The molecule has 1 heterocycles. The molecule has 1 aromatic carbocycles. The molecule has 0 aliphatic heterocycles. The Morgan fingerprint density at radius 3 is 2.46 bits per heavy atom. The third-order valence-corrected chi connectivity index (χ3v) is 3.64. The van der Waals surface area contributed by atoms with Crippen LogP contribution < -0.4 is 4.18 Å². The molecule has 0 spiro atoms. The Kier molecular flexibility index (Phi) is 4.05. The Hall–Kier alpha value is -2.96. The van der Waals surface area contributed by atoms with Gasteiger partial charge in [0, 0.05) is 12.1 Å². The van der Waals surface area contributed by atoms with Gasteiger partial charge >= 0.3 is 21.6 Å². The number of fused-ring (bicyclic) bond motifs is 1. The fourth-order valence-corrected chi connectivity index (χ4v) is 2.16. The van der Waals surface area contributed by atoms with Crippen molar-refractivity contribution in [3.63, 3.8) is 0 Å². The van der Waals surface area contributed by atoms with Gasteiger partial charge in [0.2, 0.25) is 0 Å². The number of halogens is 3. The van der Waals surface area contributed by atoms with Crippen LogP contribution in [0.5, 0.6) is 5.75 Å². The molecule has 0 aliphatic rings. The third-order valence-electron chi connectivity index (χ3n) is 2.68. The topological polar surface area (TPSA) is 137 Å². The lowest BCUT2D eigenvalue weighted by molar-refractivity contribution is -0.383. The minimum Gasteiger partial charge on any atom is -0.477 e. The summed E-state index contributed by atoms with van der Waals surface area (Å²) in [7, 11) is -6.11. The zero-order valence-electron chi connectivity index (χ0n) is 11.1. The number of hydrogen-bond acceptors (Lipinski definition) is 7. The van der Waals surface area contributed by atoms with Gasteiger partial charge in [0.25, 0.3) is 5.69 Å². The molecular formula is C11H5F3N2O7S. The predicted molar refractivity (Wildman–Crippen MR) is 71.0 cm³/mol. The molecule has 0 amide bonds. The summed E-state index contributed by atoms with van der Waals surface area (Å²) in [5.74, 6) is -2.79. The summed E-state index contributed by atoms with van der Waals surface area (Å²) < 4.78 is 63.5. The fourth-order valence-electron chi connectivity index (χ4n) is 1.69. The maximum Gasteiger partial charge on any atom is 0.534 e. The van der Waals surface area contributed by atoms with Crippen molar-refractivity contribution in [2.75, 3.05) is 0 Å². The molecule has 1 N–H and O–H groups in total. The number of nitrogens with zero attached hydrogens (tertiary/aromatic N) is 2. The van der Waals surface area contributed by atoms with Gasteiger partial charge in [-0.05, 0) is 6.07 Å². The van der Waals surface area contributed by atoms with Crippen LogP contribution in [0, 0.1) is 10.1 Å². The molecule has 0 unspecified atom stereocenters. The van der Waals surface area contributed by atoms with Crippen LogP contribution in [0.1, 0.15) is 10.5 Å². The molecule has 0 saturated heterocycles. The second-order valence-corrected chi connectivity index (χ2v) is 5.76. The first-order chi connectivity index (χ1) is 10.9. The van der Waals surface area contributed by atoms with Crippen molar-refractivity contribution < 1.29 is 40.6 Å². The summed E-state index contributed by atoms with van der Waals surface area (Å²) in [5, 5.41) is 19.4. The standard InChI is InChI=1S/C11H5F3N2O7S/c12-11(13,14)24(21,22)23-8-4-6(10(17)18)15-9-5(8)2-1-3-7(9)16(19)20/h1-4H,(H,17,18). The van der Waals surface area contributed by atoms with Gasteiger partial charge in [-0.2, -0.15) is 21.6 Å². The molecule has 0 fully saturated rings. The summed E-state index contributed by atoms with van der Waals surface area (Å²) in [6.45, 7) is 0. The molecule has 128 valence electrons. The summed E-state index contributed by atoms with van der Waals surface area (Å²) in [6, 6.07) is 3.40. The van der Waals surface area contributed by atoms with E-state index in [-0.39, 0.29) is 0 Å². The highest BCUT2D eigenvalue weighted by Gasteiger charge is 2.49. The first kappa shape index (κ1) is 17.4. The highest BCUT2D eigenvalue weighted by molar-refractivity contribution is 7.88. The van der Waals surface area contributed by atoms with E-state index in [1.54, 1.807) is 0 Å². The summed E-state index contributed by atoms with van der Waals surface area (Å²) >= 11 is 0. The molecule has 24 heavy (non-hydrogen) atoms. The van der Waals surface area contributed by atoms with E-state index in [1.807, 2.05) is 0 Å². The lowest BCUT2D eigenvalue weighted by Crippen LogP contribution is -2.28. The van der Waals surface area contributed by atoms with Crippen LogP contribution in [0.3, 0.4) is 0 Å². The number of carbonyl (C=O) groups is 1. The maximum absolute atomic E-state index is 12.4. The summed E-state index contributed by atoms with van der Waals surface area (Å²) in [4.78, 5) is 24.4. The second kappa shape index (κ2) is 5.59. The lowest BCUT2D eigenvalue weighted by Gasteiger charge is -2.12. The van der Waals surface area contributed by atoms with Crippen LogP contribution in [0.15, 0.2) is 24.3 Å². The molecule has 9 nitrogen and oxygen atoms in total. The van der Waals surface area contributed by atoms with E-state index in [1.165, 1.54) is 0 Å². The Morgan fingerprint density at radius 2 is 1.96 bits per heavy atom. The van der Waals surface area contributed by atoms with Crippen molar-refractivity contribution >= 4 is 32.7 Å². The van der Waals surface area contributed by atoms with Crippen LogP contribution in [-0.2, 0) is 10.1 Å². The number of nitro groups is 1. The number of para-hydroxylation sites is 1. The number of pyridine rings is 1. The SMILES string of the molecule is O=C(O)c1cc(OS(=O)(=O)C(F)(F)F)c2cccc([N+](=O)[O-])c2n1. The number of benzene rings is 1. The van der Waals surface area contributed by atoms with Crippen LogP contribution in [0.4, 0.5) is 18.9 Å². The minimum atomic E-state index is -6.11. The van der Waals surface area contributed by atoms with Crippen molar-refractivity contribution in [2.45, 2.75) is 5.51 Å². The van der Waals surface area contributed by atoms with E-state index in [4.69, 9.17) is 5.11 Å². The molecule has 0 bridgehead atoms. The first-order valence-electron chi connectivity index (χ1n) is 5.76. The summed E-state index contributed by atoms with van der Waals surface area (Å²) in [5.41, 5.74) is -8.06. The van der Waals surface area contributed by atoms with Crippen LogP contribution in [0.2, 0.25) is 0 Å². The van der Waals surface area contributed by atoms with E-state index in [0.717, 1.165) is 18.2 Å². The largest absolute Gasteiger partial charge is 0.534 e. The van der Waals surface area contributed by atoms with Gasteiger partial charge in [-0.15, -0.1) is 0 Å². The van der Waals surface area contributed by atoms with Gasteiger partial charge in [0.15, 0.2) is 17.0 Å². The average molecular weight is 366 g/mol. The zero-order valence-corrected chi connectivity index (χ0v) is 12.0. The number of carboxylic acid groups (broad SMARTS) is 1. The van der Waals surface area contributed by atoms with Gasteiger partial charge in [-0.3, -0.25) is 10.1 Å². The Balaban J connectivity index is 2.80. The second-order valence-electron chi connectivity index (χ2n) is 4.22. The fraction of sp³-hybridized carbons (Fsp3) is 0.0909. The number of nitro benzene ring substituents is 1. The highest BCUT2D eigenvalue weighted by Crippen LogP contribution is 2.34. The number of rotatable bonds is 4. The van der Waals surface area contributed by atoms with Crippen molar-refractivity contribution in [2.24, 2.45) is 0 Å². The third kappa shape index (κ3) is 3.05. The molecule has 0 radical (unpaired) electrons. The van der Waals surface area contributed by atoms with Gasteiger partial charge in [0.05, 0.1) is 10.3 Å². The highest BCUT2D eigenvalue weighted by atomic mass is 32.2. The van der Waals surface area contributed by atoms with Gasteiger partial charge in [-0.1, -0.05) is 6.07 Å². The molecule has 0 atom stereocenters. The van der Waals surface area contributed by atoms with E-state index in [2.05, 4.69) is 9.17 Å². The van der Waals surface area contributed by atoms with Gasteiger partial charge < -0.3 is 9.29 Å².